The summed E-state index contributed by atoms with van der Waals surface area (Å²) in [6, 6.07) is 7.43. The molecule has 4 rings (SSSR count). The summed E-state index contributed by atoms with van der Waals surface area (Å²) < 4.78 is 37.7. The number of likely N-dealkylation sites (tertiary alicyclic amines) is 1. The number of aldehydes is 1. The molecule has 0 aliphatic carbocycles. The van der Waals surface area contributed by atoms with Gasteiger partial charge in [0.25, 0.3) is 5.92 Å². The molecule has 1 atom stereocenters. The van der Waals surface area contributed by atoms with Crippen molar-refractivity contribution in [3.05, 3.63) is 54.1 Å². The molecule has 0 spiro atoms. The number of alkyl halides is 2. The number of pyridine rings is 2. The van der Waals surface area contributed by atoms with Crippen LogP contribution in [0.25, 0.3) is 16.7 Å². The summed E-state index contributed by atoms with van der Waals surface area (Å²) in [6.07, 6.45) is 7.64. The van der Waals surface area contributed by atoms with Gasteiger partial charge in [-0.1, -0.05) is 5.92 Å². The average molecular weight is 521 g/mol. The number of hydrogen-bond donors (Lipinski definition) is 0. The Balaban J connectivity index is 0.000000366. The van der Waals surface area contributed by atoms with Crippen LogP contribution in [0.4, 0.5) is 8.78 Å². The maximum Gasteiger partial charge on any atom is 0.250 e. The number of carbonyl (C=O) groups excluding carboxylic acids is 1. The van der Waals surface area contributed by atoms with Crippen LogP contribution in [0, 0.1) is 11.8 Å². The molecule has 1 unspecified atom stereocenters. The van der Waals surface area contributed by atoms with Gasteiger partial charge in [0, 0.05) is 66.3 Å². The zero-order valence-corrected chi connectivity index (χ0v) is 22.0. The molecule has 0 N–H and O–H groups in total. The lowest BCUT2D eigenvalue weighted by atomic mass is 10.1. The van der Waals surface area contributed by atoms with E-state index in [4.69, 9.17) is 0 Å². The summed E-state index contributed by atoms with van der Waals surface area (Å²) in [5.74, 6) is 3.60. The smallest absolute Gasteiger partial charge is 0.250 e. The van der Waals surface area contributed by atoms with Crippen LogP contribution in [0.15, 0.2) is 42.9 Å². The zero-order valence-electron chi connectivity index (χ0n) is 20.2. The second kappa shape index (κ2) is 11.9. The lowest BCUT2D eigenvalue weighted by Gasteiger charge is -2.28. The molecular formula is C25H30F2N4O2S2. The maximum atomic E-state index is 12.4. The Morgan fingerprint density at radius 1 is 1.14 bits per heavy atom. The number of hydrogen-bond acceptors (Lipinski definition) is 5. The fraction of sp³-hybridized carbons (Fsp3) is 0.400. The molecule has 0 radical (unpaired) electrons. The van der Waals surface area contributed by atoms with Gasteiger partial charge < -0.3 is 4.90 Å². The third kappa shape index (κ3) is 7.69. The monoisotopic (exact) mass is 520 g/mol. The normalized spacial score (nSPS) is 16.2. The molecule has 0 aromatic carbocycles. The van der Waals surface area contributed by atoms with Gasteiger partial charge in [0.05, 0.1) is 11.9 Å². The van der Waals surface area contributed by atoms with E-state index in [1.807, 2.05) is 54.8 Å². The van der Waals surface area contributed by atoms with Crippen LogP contribution in [0.3, 0.4) is 0 Å². The lowest BCUT2D eigenvalue weighted by molar-refractivity contribution is -0.0504. The number of aromatic nitrogens is 3. The summed E-state index contributed by atoms with van der Waals surface area (Å²) >= 11 is 0. The second-order valence-electron chi connectivity index (χ2n) is 8.76. The molecule has 3 aromatic heterocycles. The minimum Gasteiger partial charge on any atom is -0.306 e. The molecule has 1 fully saturated rings. The van der Waals surface area contributed by atoms with E-state index in [1.165, 1.54) is 0 Å². The Labute approximate surface area is 214 Å². The highest BCUT2D eigenvalue weighted by molar-refractivity contribution is 7.85. The van der Waals surface area contributed by atoms with E-state index in [2.05, 4.69) is 21.8 Å². The molecule has 1 aliphatic heterocycles. The third-order valence-electron chi connectivity index (χ3n) is 5.64. The molecule has 188 valence electrons. The fourth-order valence-corrected chi connectivity index (χ4v) is 3.34. The molecule has 1 saturated heterocycles. The highest BCUT2D eigenvalue weighted by Gasteiger charge is 2.32. The molecular weight excluding hydrogens is 490 g/mol. The highest BCUT2D eigenvalue weighted by Crippen LogP contribution is 2.26. The molecule has 35 heavy (non-hydrogen) atoms. The third-order valence-corrected chi connectivity index (χ3v) is 7.18. The van der Waals surface area contributed by atoms with E-state index < -0.39 is 21.5 Å². The Hall–Kier alpha value is -2.61. The minimum atomic E-state index is -2.38. The Morgan fingerprint density at radius 2 is 1.83 bits per heavy atom. The van der Waals surface area contributed by atoms with Crippen molar-refractivity contribution in [2.24, 2.45) is 0 Å². The summed E-state index contributed by atoms with van der Waals surface area (Å²) in [5.41, 5.74) is 2.78. The van der Waals surface area contributed by atoms with E-state index in [-0.39, 0.29) is 26.3 Å². The molecule has 6 nitrogen and oxygen atoms in total. The number of rotatable bonds is 3. The number of halogens is 2. The van der Waals surface area contributed by atoms with E-state index in [1.54, 1.807) is 24.7 Å². The Morgan fingerprint density at radius 3 is 2.37 bits per heavy atom. The average Bonchev–Trinajstić information content (AvgIpc) is 3.23. The van der Waals surface area contributed by atoms with E-state index in [0.717, 1.165) is 23.0 Å². The summed E-state index contributed by atoms with van der Waals surface area (Å²) in [7, 11) is 0.835. The lowest BCUT2D eigenvalue weighted by Crippen LogP contribution is -2.36. The van der Waals surface area contributed by atoms with Crippen molar-refractivity contribution in [3.63, 3.8) is 0 Å². The number of nitrogens with zero attached hydrogens (tertiary/aromatic N) is 4. The maximum absolute atomic E-state index is 12.4. The van der Waals surface area contributed by atoms with Crippen LogP contribution in [-0.4, -0.2) is 67.0 Å². The topological polar surface area (TPSA) is 68.1 Å². The Bertz CT molecular complexity index is 1240. The fourth-order valence-electron chi connectivity index (χ4n) is 3.15. The number of carbonyl (C=O) groups is 1. The van der Waals surface area contributed by atoms with E-state index >= 15 is 0 Å². The van der Waals surface area contributed by atoms with Crippen molar-refractivity contribution < 1.29 is 17.8 Å². The van der Waals surface area contributed by atoms with Gasteiger partial charge in [0.1, 0.15) is 16.1 Å². The van der Waals surface area contributed by atoms with Crippen LogP contribution in [0.1, 0.15) is 42.7 Å². The predicted molar refractivity (Wildman–Crippen MR) is 141 cm³/mol. The van der Waals surface area contributed by atoms with Crippen LogP contribution < -0.4 is 0 Å². The summed E-state index contributed by atoms with van der Waals surface area (Å²) in [6.45, 7) is 4.76. The van der Waals surface area contributed by atoms with Crippen molar-refractivity contribution in [2.75, 3.05) is 26.4 Å². The van der Waals surface area contributed by atoms with Gasteiger partial charge in [-0.15, -0.1) is 0 Å². The first-order valence-corrected chi connectivity index (χ1v) is 12.4. The molecule has 0 amide bonds. The van der Waals surface area contributed by atoms with E-state index in [0.29, 0.717) is 24.3 Å². The SMILES string of the molecule is CN1CCC(F)(F)CC1.CS(=O)C(C)(C)C#Cc1ccc(-n2ccc3cc(C=O)cnc32)cn1.S. The molecule has 3 aromatic rings. The van der Waals surface area contributed by atoms with Crippen molar-refractivity contribution in [2.45, 2.75) is 37.4 Å². The van der Waals surface area contributed by atoms with Crippen molar-refractivity contribution in [3.8, 4) is 17.5 Å². The molecule has 10 heteroatoms. The Kier molecular flexibility index (Phi) is 9.72. The quantitative estimate of drug-likeness (QED) is 0.383. The zero-order chi connectivity index (χ0) is 24.9. The molecule has 4 heterocycles. The molecule has 0 bridgehead atoms. The minimum absolute atomic E-state index is 0. The van der Waals surface area contributed by atoms with Gasteiger partial charge in [0.2, 0.25) is 0 Å². The van der Waals surface area contributed by atoms with Crippen LogP contribution in [-0.2, 0) is 10.8 Å². The van der Waals surface area contributed by atoms with Gasteiger partial charge in [-0.3, -0.25) is 13.6 Å². The van der Waals surface area contributed by atoms with Gasteiger partial charge in [0.15, 0.2) is 6.29 Å². The first-order valence-electron chi connectivity index (χ1n) is 10.8. The van der Waals surface area contributed by atoms with Crippen molar-refractivity contribution in [1.29, 1.82) is 0 Å². The predicted octanol–water partition coefficient (Wildman–Crippen LogP) is 4.20. The molecule has 1 aliphatic rings. The summed E-state index contributed by atoms with van der Waals surface area (Å²) in [5, 5.41) is 0.889. The number of piperidine rings is 1. The van der Waals surface area contributed by atoms with Crippen LogP contribution in [0.2, 0.25) is 0 Å². The second-order valence-corrected chi connectivity index (χ2v) is 10.7. The van der Waals surface area contributed by atoms with Gasteiger partial charge >= 0.3 is 0 Å². The van der Waals surface area contributed by atoms with Gasteiger partial charge in [-0.25, -0.2) is 18.7 Å². The van der Waals surface area contributed by atoms with Crippen molar-refractivity contribution >= 4 is 41.6 Å². The largest absolute Gasteiger partial charge is 0.306 e. The highest BCUT2D eigenvalue weighted by atomic mass is 32.2. The summed E-state index contributed by atoms with van der Waals surface area (Å²) in [4.78, 5) is 21.5. The van der Waals surface area contributed by atoms with Crippen LogP contribution >= 0.6 is 13.5 Å². The van der Waals surface area contributed by atoms with Gasteiger partial charge in [-0.05, 0) is 51.1 Å². The molecule has 0 saturated carbocycles. The number of fused-ring (bicyclic) bond motifs is 1. The first kappa shape index (κ1) is 28.6. The van der Waals surface area contributed by atoms with Crippen molar-refractivity contribution in [1.82, 2.24) is 19.4 Å². The first-order chi connectivity index (χ1) is 16.0. The van der Waals surface area contributed by atoms with E-state index in [9.17, 15) is 17.8 Å². The van der Waals surface area contributed by atoms with Gasteiger partial charge in [-0.2, -0.15) is 13.5 Å². The van der Waals surface area contributed by atoms with Crippen LogP contribution in [0.5, 0.6) is 0 Å². The standard InChI is InChI=1S/C19H17N3O2S.C6H11F2N.H2S/c1-19(2,25(3)24)8-6-16-4-5-17(12-20-16)22-9-7-15-10-14(13-23)11-21-18(15)22;1-9-4-2-6(7,8)3-5-9;/h4-5,7,9-13H,1-3H3;2-5H2,1H3;1H2.